The van der Waals surface area contributed by atoms with Crippen LogP contribution in [0.1, 0.15) is 45.6 Å². The standard InChI is InChI=1S/C17H30N2/c1-5-6-7-13-19(15(2)3)14-12-18-17-10-8-16(4)9-11-17/h8-11,15,18H,5-7,12-14H2,1-4H3. The Balaban J connectivity index is 2.29. The van der Waals surface area contributed by atoms with E-state index in [2.05, 4.69) is 62.2 Å². The van der Waals surface area contributed by atoms with Crippen LogP contribution in [0.3, 0.4) is 0 Å². The lowest BCUT2D eigenvalue weighted by molar-refractivity contribution is 0.225. The van der Waals surface area contributed by atoms with E-state index in [1.165, 1.54) is 37.1 Å². The topological polar surface area (TPSA) is 15.3 Å². The number of benzene rings is 1. The van der Waals surface area contributed by atoms with Crippen LogP contribution in [0.5, 0.6) is 0 Å². The van der Waals surface area contributed by atoms with Gasteiger partial charge in [0, 0.05) is 24.8 Å². The van der Waals surface area contributed by atoms with Crippen LogP contribution in [0.15, 0.2) is 24.3 Å². The van der Waals surface area contributed by atoms with Gasteiger partial charge in [-0.1, -0.05) is 37.5 Å². The van der Waals surface area contributed by atoms with Gasteiger partial charge in [0.15, 0.2) is 0 Å². The maximum atomic E-state index is 3.51. The Morgan fingerprint density at radius 3 is 2.32 bits per heavy atom. The van der Waals surface area contributed by atoms with Crippen LogP contribution in [-0.2, 0) is 0 Å². The van der Waals surface area contributed by atoms with Crippen molar-refractivity contribution < 1.29 is 0 Å². The molecule has 0 unspecified atom stereocenters. The molecular weight excluding hydrogens is 232 g/mol. The number of unbranched alkanes of at least 4 members (excludes halogenated alkanes) is 2. The lowest BCUT2D eigenvalue weighted by Crippen LogP contribution is -2.35. The molecular formula is C17H30N2. The summed E-state index contributed by atoms with van der Waals surface area (Å²) in [5, 5.41) is 3.51. The number of anilines is 1. The molecule has 1 aromatic rings. The van der Waals surface area contributed by atoms with Crippen LogP contribution in [0.25, 0.3) is 0 Å². The Morgan fingerprint density at radius 2 is 1.74 bits per heavy atom. The summed E-state index contributed by atoms with van der Waals surface area (Å²) in [5.41, 5.74) is 2.54. The van der Waals surface area contributed by atoms with Crippen LogP contribution in [0.4, 0.5) is 5.69 Å². The van der Waals surface area contributed by atoms with Gasteiger partial charge < -0.3 is 5.32 Å². The Kier molecular flexibility index (Phi) is 7.57. The Labute approximate surface area is 119 Å². The molecule has 0 spiro atoms. The molecule has 0 atom stereocenters. The summed E-state index contributed by atoms with van der Waals surface area (Å²) in [7, 11) is 0. The van der Waals surface area contributed by atoms with Gasteiger partial charge in [0.2, 0.25) is 0 Å². The molecule has 0 saturated carbocycles. The molecule has 1 rings (SSSR count). The van der Waals surface area contributed by atoms with Gasteiger partial charge in [-0.25, -0.2) is 0 Å². The van der Waals surface area contributed by atoms with E-state index in [0.717, 1.165) is 13.1 Å². The fourth-order valence-electron chi connectivity index (χ4n) is 2.21. The number of aryl methyl sites for hydroxylation is 1. The fraction of sp³-hybridized carbons (Fsp3) is 0.647. The monoisotopic (exact) mass is 262 g/mol. The van der Waals surface area contributed by atoms with E-state index in [9.17, 15) is 0 Å². The van der Waals surface area contributed by atoms with E-state index in [0.29, 0.717) is 6.04 Å². The molecule has 108 valence electrons. The van der Waals surface area contributed by atoms with Gasteiger partial charge in [-0.3, -0.25) is 4.90 Å². The lowest BCUT2D eigenvalue weighted by Gasteiger charge is -2.26. The first-order valence-corrected chi connectivity index (χ1v) is 7.68. The molecule has 0 bridgehead atoms. The van der Waals surface area contributed by atoms with Crippen molar-refractivity contribution in [1.82, 2.24) is 4.90 Å². The maximum Gasteiger partial charge on any atom is 0.0340 e. The van der Waals surface area contributed by atoms with E-state index < -0.39 is 0 Å². The van der Waals surface area contributed by atoms with Crippen molar-refractivity contribution >= 4 is 5.69 Å². The summed E-state index contributed by atoms with van der Waals surface area (Å²) in [4.78, 5) is 2.57. The second-order valence-electron chi connectivity index (χ2n) is 5.63. The van der Waals surface area contributed by atoms with Gasteiger partial charge >= 0.3 is 0 Å². The van der Waals surface area contributed by atoms with Crippen LogP contribution in [0.2, 0.25) is 0 Å². The van der Waals surface area contributed by atoms with Crippen molar-refractivity contribution in [3.8, 4) is 0 Å². The van der Waals surface area contributed by atoms with E-state index >= 15 is 0 Å². The van der Waals surface area contributed by atoms with E-state index in [1.54, 1.807) is 0 Å². The highest BCUT2D eigenvalue weighted by atomic mass is 15.2. The normalized spacial score (nSPS) is 11.3. The lowest BCUT2D eigenvalue weighted by atomic mass is 10.2. The number of nitrogens with one attached hydrogen (secondary N) is 1. The van der Waals surface area contributed by atoms with Crippen molar-refractivity contribution in [3.05, 3.63) is 29.8 Å². The molecule has 2 nitrogen and oxygen atoms in total. The Morgan fingerprint density at radius 1 is 1.05 bits per heavy atom. The maximum absolute atomic E-state index is 3.51. The zero-order chi connectivity index (χ0) is 14.1. The van der Waals surface area contributed by atoms with Crippen molar-refractivity contribution in [2.75, 3.05) is 25.0 Å². The Bertz CT molecular complexity index is 330. The summed E-state index contributed by atoms with van der Waals surface area (Å²) in [6.45, 7) is 12.3. The SMILES string of the molecule is CCCCCN(CCNc1ccc(C)cc1)C(C)C. The second-order valence-corrected chi connectivity index (χ2v) is 5.63. The highest BCUT2D eigenvalue weighted by Gasteiger charge is 2.08. The summed E-state index contributed by atoms with van der Waals surface area (Å²) < 4.78 is 0. The molecule has 0 aliphatic heterocycles. The molecule has 0 amide bonds. The van der Waals surface area contributed by atoms with Gasteiger partial charge in [0.1, 0.15) is 0 Å². The van der Waals surface area contributed by atoms with E-state index in [1.807, 2.05) is 0 Å². The van der Waals surface area contributed by atoms with Crippen LogP contribution in [-0.4, -0.2) is 30.6 Å². The predicted molar refractivity (Wildman–Crippen MR) is 85.9 cm³/mol. The quantitative estimate of drug-likeness (QED) is 0.667. The summed E-state index contributed by atoms with van der Waals surface area (Å²) in [6.07, 6.45) is 3.96. The zero-order valence-electron chi connectivity index (χ0n) is 13.1. The fourth-order valence-corrected chi connectivity index (χ4v) is 2.21. The largest absolute Gasteiger partial charge is 0.384 e. The predicted octanol–water partition coefficient (Wildman–Crippen LogP) is 4.31. The highest BCUT2D eigenvalue weighted by Crippen LogP contribution is 2.09. The first-order chi connectivity index (χ1) is 9.13. The number of hydrogen-bond donors (Lipinski definition) is 1. The number of hydrogen-bond acceptors (Lipinski definition) is 2. The van der Waals surface area contributed by atoms with Crippen molar-refractivity contribution in [1.29, 1.82) is 0 Å². The molecule has 0 heterocycles. The van der Waals surface area contributed by atoms with E-state index in [-0.39, 0.29) is 0 Å². The number of rotatable bonds is 9. The molecule has 0 saturated heterocycles. The van der Waals surface area contributed by atoms with E-state index in [4.69, 9.17) is 0 Å². The van der Waals surface area contributed by atoms with Crippen molar-refractivity contribution in [3.63, 3.8) is 0 Å². The van der Waals surface area contributed by atoms with Crippen molar-refractivity contribution in [2.24, 2.45) is 0 Å². The van der Waals surface area contributed by atoms with Gasteiger partial charge in [-0.2, -0.15) is 0 Å². The molecule has 0 fully saturated rings. The van der Waals surface area contributed by atoms with Crippen LogP contribution < -0.4 is 5.32 Å². The summed E-state index contributed by atoms with van der Waals surface area (Å²) in [5.74, 6) is 0. The molecule has 0 radical (unpaired) electrons. The first-order valence-electron chi connectivity index (χ1n) is 7.68. The molecule has 1 aromatic carbocycles. The van der Waals surface area contributed by atoms with Gasteiger partial charge in [-0.15, -0.1) is 0 Å². The number of nitrogens with zero attached hydrogens (tertiary/aromatic N) is 1. The minimum atomic E-state index is 0.636. The van der Waals surface area contributed by atoms with Gasteiger partial charge in [0.05, 0.1) is 0 Å². The van der Waals surface area contributed by atoms with Crippen LogP contribution in [0, 0.1) is 6.92 Å². The second kappa shape index (κ2) is 8.98. The molecule has 19 heavy (non-hydrogen) atoms. The molecule has 0 aromatic heterocycles. The minimum Gasteiger partial charge on any atom is -0.384 e. The minimum absolute atomic E-state index is 0.636. The van der Waals surface area contributed by atoms with Gasteiger partial charge in [-0.05, 0) is 45.9 Å². The zero-order valence-corrected chi connectivity index (χ0v) is 13.1. The molecule has 0 aliphatic rings. The van der Waals surface area contributed by atoms with Gasteiger partial charge in [0.25, 0.3) is 0 Å². The smallest absolute Gasteiger partial charge is 0.0340 e. The third kappa shape index (κ3) is 6.63. The summed E-state index contributed by atoms with van der Waals surface area (Å²) in [6, 6.07) is 9.27. The summed E-state index contributed by atoms with van der Waals surface area (Å²) >= 11 is 0. The average Bonchev–Trinajstić information content (AvgIpc) is 2.39. The molecule has 0 aliphatic carbocycles. The Hall–Kier alpha value is -1.02. The first kappa shape index (κ1) is 16.0. The molecule has 2 heteroatoms. The van der Waals surface area contributed by atoms with Crippen LogP contribution >= 0.6 is 0 Å². The van der Waals surface area contributed by atoms with Crippen molar-refractivity contribution in [2.45, 2.75) is 53.0 Å². The molecule has 1 N–H and O–H groups in total. The highest BCUT2D eigenvalue weighted by molar-refractivity contribution is 5.44. The third-order valence-electron chi connectivity index (χ3n) is 3.56. The third-order valence-corrected chi connectivity index (χ3v) is 3.56. The average molecular weight is 262 g/mol.